The van der Waals surface area contributed by atoms with Crippen molar-refractivity contribution in [2.45, 2.75) is 130 Å². The van der Waals surface area contributed by atoms with Crippen molar-refractivity contribution < 1.29 is 55.4 Å². The fraction of sp³-hybridized carbons (Fsp3) is 0.435. The molecule has 316 valence electrons. The number of hydrogen-bond donors (Lipinski definition) is 6. The first-order chi connectivity index (χ1) is 26.4. The number of aryl methyl sites for hydroxylation is 2. The summed E-state index contributed by atoms with van der Waals surface area (Å²) >= 11 is 4.50. The summed E-state index contributed by atoms with van der Waals surface area (Å²) in [5.74, 6) is 0.453. The molecule has 8 nitrogen and oxygen atoms in total. The number of rotatable bonds is 7. The molecule has 0 aliphatic rings. The summed E-state index contributed by atoms with van der Waals surface area (Å²) in [6.07, 6.45) is 1.69. The molecule has 4 aromatic rings. The molecule has 0 saturated heterocycles. The summed E-state index contributed by atoms with van der Waals surface area (Å²) in [5, 5.41) is 57.5. The van der Waals surface area contributed by atoms with E-state index in [2.05, 4.69) is 83.1 Å². The number of halogens is 3. The molecule has 0 amide bonds. The van der Waals surface area contributed by atoms with Crippen molar-refractivity contribution >= 4 is 42.0 Å². The molecule has 0 aliphatic carbocycles. The van der Waals surface area contributed by atoms with E-state index in [0.717, 1.165) is 33.4 Å². The van der Waals surface area contributed by atoms with Crippen molar-refractivity contribution in [3.8, 4) is 34.5 Å². The molecule has 4 aromatic carbocycles. The van der Waals surface area contributed by atoms with Crippen LogP contribution >= 0.6 is 31.0 Å². The van der Waals surface area contributed by atoms with Gasteiger partial charge in [-0.15, -0.1) is 0 Å². The quantitative estimate of drug-likeness (QED) is 0.0608. The van der Waals surface area contributed by atoms with Crippen LogP contribution in [0.15, 0.2) is 66.7 Å². The third-order valence-electron chi connectivity index (χ3n) is 8.88. The van der Waals surface area contributed by atoms with Gasteiger partial charge in [0.15, 0.2) is 5.78 Å². The Labute approximate surface area is 365 Å². The van der Waals surface area contributed by atoms with Gasteiger partial charge in [-0.3, -0.25) is 9.59 Å². The number of carbonyl (C=O) groups is 2. The number of aromatic hydroxyl groups is 6. The summed E-state index contributed by atoms with van der Waals surface area (Å²) < 4.78 is 0. The Bertz CT molecular complexity index is 1880. The van der Waals surface area contributed by atoms with E-state index in [1.165, 1.54) is 36.4 Å². The second kappa shape index (κ2) is 22.2. The van der Waals surface area contributed by atoms with Gasteiger partial charge in [0.25, 0.3) is 0 Å². The summed E-state index contributed by atoms with van der Waals surface area (Å²) in [6, 6.07) is 17.7. The Kier molecular flexibility index (Phi) is 20.1. The topological polar surface area (TPSA) is 156 Å². The van der Waals surface area contributed by atoms with Crippen LogP contribution in [0.4, 0.5) is 0 Å². The minimum atomic E-state index is -0.931. The molecule has 0 heterocycles. The van der Waals surface area contributed by atoms with Gasteiger partial charge < -0.3 is 30.6 Å². The molecule has 0 aliphatic heterocycles. The molecule has 0 spiro atoms. The van der Waals surface area contributed by atoms with Crippen LogP contribution < -0.4 is 0 Å². The van der Waals surface area contributed by atoms with Gasteiger partial charge in [0.2, 0.25) is 5.24 Å². The van der Waals surface area contributed by atoms with E-state index in [9.17, 15) is 30.0 Å². The second-order valence-corrected chi connectivity index (χ2v) is 23.3. The Morgan fingerprint density at radius 3 is 1.05 bits per heavy atom. The molecule has 0 fully saturated rings. The van der Waals surface area contributed by atoms with Gasteiger partial charge >= 0.3 is 34.5 Å². The van der Waals surface area contributed by atoms with Gasteiger partial charge in [-0.2, -0.15) is 0 Å². The number of hydrogen-bond acceptors (Lipinski definition) is 8. The van der Waals surface area contributed by atoms with Crippen LogP contribution in [0, 0.1) is 0 Å². The second-order valence-electron chi connectivity index (χ2n) is 18.2. The van der Waals surface area contributed by atoms with Crippen LogP contribution in [0.1, 0.15) is 140 Å². The number of carbonyl (C=O) groups excluding carboxylic acids is 2. The maximum atomic E-state index is 12.5. The molecule has 4 rings (SSSR count). The van der Waals surface area contributed by atoms with Crippen LogP contribution in [0.5, 0.6) is 34.5 Å². The molecule has 0 aromatic heterocycles. The molecule has 0 bridgehead atoms. The zero-order valence-electron chi connectivity index (χ0n) is 36.0. The summed E-state index contributed by atoms with van der Waals surface area (Å²) in [7, 11) is 9.90. The molecule has 6 N–H and O–H groups in total. The number of phenolic OH excluding ortho intramolecular Hbond substituents is 6. The molecule has 0 atom stereocenters. The average Bonchev–Trinajstić information content (AvgIpc) is 3.05. The van der Waals surface area contributed by atoms with E-state index in [4.69, 9.17) is 41.2 Å². The van der Waals surface area contributed by atoms with Crippen LogP contribution in [-0.4, -0.2) is 41.7 Å². The van der Waals surface area contributed by atoms with Crippen molar-refractivity contribution in [3.63, 3.8) is 0 Å². The van der Waals surface area contributed by atoms with Gasteiger partial charge in [0.1, 0.15) is 34.5 Å². The Balaban J connectivity index is 0.000000472. The van der Waals surface area contributed by atoms with Crippen LogP contribution in [0.25, 0.3) is 0 Å². The molecule has 12 heteroatoms. The third-order valence-corrected chi connectivity index (χ3v) is 9.07. The Hall–Kier alpha value is -3.49. The van der Waals surface area contributed by atoms with E-state index >= 15 is 0 Å². The molecule has 58 heavy (non-hydrogen) atoms. The van der Waals surface area contributed by atoms with E-state index in [1.807, 2.05) is 24.3 Å². The SMILES string of the molecule is CC(C)(C)c1cc(CCC(=O)Cl)cc(C(C)(C)C)c1O.CC(C)(C)c1cc(CCC(=O)c2cc(O)cc(O)c2)cc(C(C)(C)C)c1O.Oc1cccc(O)c1.[Cl][Zn][Cl]. The van der Waals surface area contributed by atoms with Gasteiger partial charge in [-0.25, -0.2) is 0 Å². The van der Waals surface area contributed by atoms with Crippen molar-refractivity contribution in [2.24, 2.45) is 0 Å². The molecule has 0 radical (unpaired) electrons. The van der Waals surface area contributed by atoms with Gasteiger partial charge in [0.05, 0.1) is 0 Å². The first kappa shape index (κ1) is 52.5. The number of phenols is 6. The maximum absolute atomic E-state index is 12.5. The van der Waals surface area contributed by atoms with E-state index in [-0.39, 0.29) is 62.1 Å². The van der Waals surface area contributed by atoms with Gasteiger partial charge in [0, 0.05) is 30.5 Å². The number of Topliss-reactive ketones (excluding diaryl/α,β-unsaturated/α-hetero) is 1. The van der Waals surface area contributed by atoms with Crippen LogP contribution in [-0.2, 0) is 54.4 Å². The molecule has 0 unspecified atom stereocenters. The zero-order valence-corrected chi connectivity index (χ0v) is 41.3. The zero-order chi connectivity index (χ0) is 45.0. The minimum absolute atomic E-state index is 0.0880. The third kappa shape index (κ3) is 17.8. The summed E-state index contributed by atoms with van der Waals surface area (Å²) in [4.78, 5) is 23.4. The van der Waals surface area contributed by atoms with Crippen molar-refractivity contribution in [1.82, 2.24) is 0 Å². The average molecular weight is 914 g/mol. The van der Waals surface area contributed by atoms with Crippen molar-refractivity contribution in [3.05, 3.63) is 106 Å². The summed E-state index contributed by atoms with van der Waals surface area (Å²) in [6.45, 7) is 24.8. The first-order valence-corrected chi connectivity index (χ1v) is 27.2. The van der Waals surface area contributed by atoms with E-state index in [0.29, 0.717) is 36.3 Å². The predicted molar refractivity (Wildman–Crippen MR) is 234 cm³/mol. The van der Waals surface area contributed by atoms with Crippen molar-refractivity contribution in [1.29, 1.82) is 0 Å². The number of benzene rings is 4. The van der Waals surface area contributed by atoms with Crippen LogP contribution in [0.3, 0.4) is 0 Å². The van der Waals surface area contributed by atoms with E-state index in [1.54, 1.807) is 6.07 Å². The first-order valence-electron chi connectivity index (χ1n) is 19.0. The number of ketones is 1. The van der Waals surface area contributed by atoms with E-state index < -0.39 is 15.1 Å². The molecular weight excluding hydrogens is 852 g/mol. The van der Waals surface area contributed by atoms with Gasteiger partial charge in [-0.1, -0.05) is 113 Å². The molecule has 0 saturated carbocycles. The van der Waals surface area contributed by atoms with Crippen molar-refractivity contribution in [2.75, 3.05) is 0 Å². The Morgan fingerprint density at radius 2 is 0.793 bits per heavy atom. The van der Waals surface area contributed by atoms with Gasteiger partial charge in [-0.05, 0) is 104 Å². The fourth-order valence-corrected chi connectivity index (χ4v) is 5.95. The monoisotopic (exact) mass is 910 g/mol. The normalized spacial score (nSPS) is 11.4. The fourth-order valence-electron chi connectivity index (χ4n) is 5.86. The standard InChI is InChI=1S/C23H30O4.C17H25ClO2.C6H6O2.2ClH.Zn/c1-22(2,3)18-9-14(10-19(21(18)27)23(4,5)6)7-8-20(26)15-11-16(24)13-17(25)12-15;1-16(2,3)12-9-11(7-8-14(18)19)10-13(15(12)20)17(4,5)6;7-5-2-1-3-6(8)4-5;;;/h9-13,24-25,27H,7-8H2,1-6H3;9-10,20H,7-8H2,1-6H3;1-4,7-8H;2*1H;/q;;;;;+2/p-2. The molecular formula is C46H61Cl3O8Zn. The Morgan fingerprint density at radius 1 is 0.500 bits per heavy atom. The predicted octanol–water partition coefficient (Wildman–Crippen LogP) is 12.4. The summed E-state index contributed by atoms with van der Waals surface area (Å²) in [5.41, 5.74) is 5.16. The van der Waals surface area contributed by atoms with Crippen LogP contribution in [0.2, 0.25) is 0 Å².